The average Bonchev–Trinajstić information content (AvgIpc) is 2.49. The van der Waals surface area contributed by atoms with Crippen LogP contribution in [0.15, 0.2) is 29.2 Å². The van der Waals surface area contributed by atoms with E-state index in [0.29, 0.717) is 10.4 Å². The maximum absolute atomic E-state index is 12.5. The Balaban J connectivity index is 2.58. The van der Waals surface area contributed by atoms with Crippen molar-refractivity contribution in [1.29, 1.82) is 0 Å². The van der Waals surface area contributed by atoms with Crippen molar-refractivity contribution in [2.45, 2.75) is 39.7 Å². The van der Waals surface area contributed by atoms with E-state index >= 15 is 0 Å². The summed E-state index contributed by atoms with van der Waals surface area (Å²) in [6, 6.07) is 5.09. The molecule has 0 aliphatic heterocycles. The molecule has 0 atom stereocenters. The predicted molar refractivity (Wildman–Crippen MR) is 88.7 cm³/mol. The van der Waals surface area contributed by atoms with Crippen molar-refractivity contribution in [1.82, 2.24) is 4.57 Å². The Morgan fingerprint density at radius 1 is 1.27 bits per heavy atom. The maximum atomic E-state index is 12.5. The van der Waals surface area contributed by atoms with Crippen LogP contribution < -0.4 is 5.43 Å². The maximum Gasteiger partial charge on any atom is 0.343 e. The minimum atomic E-state index is -0.575. The number of nitrogens with zero attached hydrogens (tertiary/aromatic N) is 1. The molecule has 0 fully saturated rings. The molecule has 0 spiro atoms. The molecule has 1 aromatic carbocycles. The van der Waals surface area contributed by atoms with E-state index in [-0.39, 0.29) is 17.6 Å². The summed E-state index contributed by atoms with van der Waals surface area (Å²) in [6.45, 7) is 4.83. The molecule has 5 heteroatoms. The van der Waals surface area contributed by atoms with Crippen molar-refractivity contribution in [3.05, 3.63) is 45.2 Å². The quantitative estimate of drug-likeness (QED) is 0.596. The molecule has 2 rings (SSSR count). The third-order valence-corrected chi connectivity index (χ3v) is 3.78. The zero-order chi connectivity index (χ0) is 16.1. The predicted octanol–water partition coefficient (Wildman–Crippen LogP) is 4.02. The molecule has 0 aliphatic rings. The number of pyridine rings is 1. The van der Waals surface area contributed by atoms with E-state index in [4.69, 9.17) is 16.3 Å². The van der Waals surface area contributed by atoms with Crippen molar-refractivity contribution in [3.8, 4) is 0 Å². The number of esters is 1. The Morgan fingerprint density at radius 3 is 2.73 bits per heavy atom. The molecule has 0 aliphatic carbocycles. The van der Waals surface area contributed by atoms with E-state index < -0.39 is 5.97 Å². The average molecular weight is 322 g/mol. The standard InChI is InChI=1S/C17H20ClNO3/c1-3-5-6-9-19-11-14(17(21)22-4-2)16(20)13-8-7-12(18)10-15(13)19/h7-8,10-11H,3-6,9H2,1-2H3. The molecule has 0 saturated carbocycles. The van der Waals surface area contributed by atoms with Crippen LogP contribution in [0.5, 0.6) is 0 Å². The molecule has 1 heterocycles. The van der Waals surface area contributed by atoms with Crippen molar-refractivity contribution >= 4 is 28.5 Å². The van der Waals surface area contributed by atoms with Crippen LogP contribution in [0.2, 0.25) is 5.02 Å². The van der Waals surface area contributed by atoms with Crippen molar-refractivity contribution in [3.63, 3.8) is 0 Å². The van der Waals surface area contributed by atoms with E-state index in [1.165, 1.54) is 0 Å². The summed E-state index contributed by atoms with van der Waals surface area (Å²) in [7, 11) is 0. The van der Waals surface area contributed by atoms with Gasteiger partial charge in [-0.3, -0.25) is 4.79 Å². The van der Waals surface area contributed by atoms with Gasteiger partial charge in [0.15, 0.2) is 0 Å². The molecule has 0 amide bonds. The lowest BCUT2D eigenvalue weighted by Crippen LogP contribution is -2.21. The lowest BCUT2D eigenvalue weighted by molar-refractivity contribution is 0.0524. The summed E-state index contributed by atoms with van der Waals surface area (Å²) in [5.74, 6) is -0.575. The molecule has 0 bridgehead atoms. The van der Waals surface area contributed by atoms with Crippen LogP contribution >= 0.6 is 11.6 Å². The summed E-state index contributed by atoms with van der Waals surface area (Å²) >= 11 is 6.05. The highest BCUT2D eigenvalue weighted by Crippen LogP contribution is 2.19. The van der Waals surface area contributed by atoms with Crippen LogP contribution in [0.1, 0.15) is 43.5 Å². The van der Waals surface area contributed by atoms with Crippen molar-refractivity contribution in [2.75, 3.05) is 6.61 Å². The second-order valence-corrected chi connectivity index (χ2v) is 5.59. The molecular formula is C17H20ClNO3. The van der Waals surface area contributed by atoms with Gasteiger partial charge in [-0.05, 0) is 31.5 Å². The molecule has 22 heavy (non-hydrogen) atoms. The number of rotatable bonds is 6. The first-order chi connectivity index (χ1) is 10.6. The second-order valence-electron chi connectivity index (χ2n) is 5.15. The lowest BCUT2D eigenvalue weighted by atomic mass is 10.1. The third kappa shape index (κ3) is 3.50. The van der Waals surface area contributed by atoms with Crippen LogP contribution in [0.3, 0.4) is 0 Å². The number of ether oxygens (including phenoxy) is 1. The second kappa shape index (κ2) is 7.45. The first kappa shape index (κ1) is 16.6. The fourth-order valence-corrected chi connectivity index (χ4v) is 2.60. The van der Waals surface area contributed by atoms with Crippen molar-refractivity contribution in [2.24, 2.45) is 0 Å². The summed E-state index contributed by atoms with van der Waals surface area (Å²) in [4.78, 5) is 24.5. The van der Waals surface area contributed by atoms with Crippen LogP contribution in [-0.2, 0) is 11.3 Å². The Kier molecular flexibility index (Phi) is 5.61. The zero-order valence-electron chi connectivity index (χ0n) is 12.9. The van der Waals surface area contributed by atoms with Gasteiger partial charge in [-0.2, -0.15) is 0 Å². The molecule has 0 saturated heterocycles. The lowest BCUT2D eigenvalue weighted by Gasteiger charge is -2.13. The van der Waals surface area contributed by atoms with E-state index in [1.54, 1.807) is 31.3 Å². The monoisotopic (exact) mass is 321 g/mol. The third-order valence-electron chi connectivity index (χ3n) is 3.54. The molecule has 2 aromatic rings. The number of benzene rings is 1. The Hall–Kier alpha value is -1.81. The highest BCUT2D eigenvalue weighted by Gasteiger charge is 2.16. The SMILES string of the molecule is CCCCCn1cc(C(=O)OCC)c(=O)c2ccc(Cl)cc21. The minimum Gasteiger partial charge on any atom is -0.462 e. The van der Waals surface area contributed by atoms with Gasteiger partial charge < -0.3 is 9.30 Å². The molecule has 4 nitrogen and oxygen atoms in total. The first-order valence-corrected chi connectivity index (χ1v) is 7.96. The number of unbranched alkanes of at least 4 members (excludes halogenated alkanes) is 2. The molecule has 0 radical (unpaired) electrons. The fraction of sp³-hybridized carbons (Fsp3) is 0.412. The van der Waals surface area contributed by atoms with Gasteiger partial charge in [-0.1, -0.05) is 31.4 Å². The molecule has 0 unspecified atom stereocenters. The normalized spacial score (nSPS) is 10.9. The smallest absolute Gasteiger partial charge is 0.343 e. The summed E-state index contributed by atoms with van der Waals surface area (Å²) in [5, 5.41) is 1.06. The Morgan fingerprint density at radius 2 is 2.05 bits per heavy atom. The number of carbonyl (C=O) groups is 1. The van der Waals surface area contributed by atoms with Gasteiger partial charge >= 0.3 is 5.97 Å². The number of hydrogen-bond donors (Lipinski definition) is 0. The molecule has 0 N–H and O–H groups in total. The van der Waals surface area contributed by atoms with E-state index in [9.17, 15) is 9.59 Å². The van der Waals surface area contributed by atoms with Gasteiger partial charge in [0, 0.05) is 23.2 Å². The summed E-state index contributed by atoms with van der Waals surface area (Å²) in [5.41, 5.74) is 0.520. The van der Waals surface area contributed by atoms with E-state index in [1.807, 2.05) is 4.57 Å². The van der Waals surface area contributed by atoms with E-state index in [2.05, 4.69) is 6.92 Å². The van der Waals surface area contributed by atoms with Crippen molar-refractivity contribution < 1.29 is 9.53 Å². The number of halogens is 1. The van der Waals surface area contributed by atoms with Gasteiger partial charge in [-0.25, -0.2) is 4.79 Å². The Bertz CT molecular complexity index is 736. The number of aryl methyl sites for hydroxylation is 1. The van der Waals surface area contributed by atoms with Gasteiger partial charge in [0.25, 0.3) is 0 Å². The summed E-state index contributed by atoms with van der Waals surface area (Å²) in [6.07, 6.45) is 4.75. The topological polar surface area (TPSA) is 48.3 Å². The number of carbonyl (C=O) groups excluding carboxylic acids is 1. The van der Waals surface area contributed by atoms with Gasteiger partial charge in [0.1, 0.15) is 5.56 Å². The molecular weight excluding hydrogens is 302 g/mol. The first-order valence-electron chi connectivity index (χ1n) is 7.58. The van der Waals surface area contributed by atoms with Gasteiger partial charge in [0.05, 0.1) is 12.1 Å². The highest BCUT2D eigenvalue weighted by molar-refractivity contribution is 6.31. The fourth-order valence-electron chi connectivity index (χ4n) is 2.43. The molecule has 1 aromatic heterocycles. The van der Waals surface area contributed by atoms with Gasteiger partial charge in [0.2, 0.25) is 5.43 Å². The van der Waals surface area contributed by atoms with E-state index in [0.717, 1.165) is 31.3 Å². The highest BCUT2D eigenvalue weighted by atomic mass is 35.5. The van der Waals surface area contributed by atoms with Crippen LogP contribution in [0, 0.1) is 0 Å². The number of fused-ring (bicyclic) bond motifs is 1. The minimum absolute atomic E-state index is 0.0770. The van der Waals surface area contributed by atoms with Crippen LogP contribution in [0.4, 0.5) is 0 Å². The largest absolute Gasteiger partial charge is 0.462 e. The number of hydrogen-bond acceptors (Lipinski definition) is 3. The van der Waals surface area contributed by atoms with Gasteiger partial charge in [-0.15, -0.1) is 0 Å². The number of aromatic nitrogens is 1. The van der Waals surface area contributed by atoms with Crippen LogP contribution in [0.25, 0.3) is 10.9 Å². The Labute approximate surface area is 134 Å². The zero-order valence-corrected chi connectivity index (χ0v) is 13.7. The molecule has 118 valence electrons. The summed E-state index contributed by atoms with van der Waals surface area (Å²) < 4.78 is 6.90. The van der Waals surface area contributed by atoms with Crippen LogP contribution in [-0.4, -0.2) is 17.1 Å².